The second-order valence-corrected chi connectivity index (χ2v) is 9.11. The number of nitrogens with one attached hydrogen (secondary N) is 2. The predicted molar refractivity (Wildman–Crippen MR) is 119 cm³/mol. The van der Waals surface area contributed by atoms with Crippen molar-refractivity contribution in [2.24, 2.45) is 4.99 Å². The molecule has 7 nitrogen and oxygen atoms in total. The molecule has 3 rings (SSSR count). The number of hydrogen-bond acceptors (Lipinski definition) is 4. The average molecular weight is 431 g/mol. The molecule has 0 spiro atoms. The minimum atomic E-state index is -3.37. The van der Waals surface area contributed by atoms with Gasteiger partial charge in [0.15, 0.2) is 5.96 Å². The first-order valence-electron chi connectivity index (χ1n) is 10.2. The fourth-order valence-electron chi connectivity index (χ4n) is 3.49. The zero-order valence-corrected chi connectivity index (χ0v) is 18.4. The van der Waals surface area contributed by atoms with Crippen LogP contribution in [-0.4, -0.2) is 52.5 Å². The maximum atomic E-state index is 12.6. The van der Waals surface area contributed by atoms with Crippen molar-refractivity contribution in [2.75, 3.05) is 33.8 Å². The Morgan fingerprint density at radius 2 is 1.77 bits per heavy atom. The summed E-state index contributed by atoms with van der Waals surface area (Å²) in [4.78, 5) is 4.60. The molecular formula is C22H30N4O3S. The Morgan fingerprint density at radius 3 is 2.43 bits per heavy atom. The Morgan fingerprint density at radius 1 is 1.07 bits per heavy atom. The van der Waals surface area contributed by atoms with Gasteiger partial charge in [-0.1, -0.05) is 30.3 Å². The number of ether oxygens (including phenoxy) is 1. The van der Waals surface area contributed by atoms with E-state index in [1.54, 1.807) is 30.6 Å². The summed E-state index contributed by atoms with van der Waals surface area (Å²) in [5.74, 6) is 1.57. The van der Waals surface area contributed by atoms with Gasteiger partial charge in [-0.05, 0) is 48.6 Å². The summed E-state index contributed by atoms with van der Waals surface area (Å²) in [5.41, 5.74) is 2.13. The van der Waals surface area contributed by atoms with Crippen LogP contribution >= 0.6 is 0 Å². The van der Waals surface area contributed by atoms with Crippen molar-refractivity contribution in [3.05, 3.63) is 59.7 Å². The largest absolute Gasteiger partial charge is 0.496 e. The Labute approximate surface area is 179 Å². The van der Waals surface area contributed by atoms with Gasteiger partial charge in [-0.25, -0.2) is 8.42 Å². The molecule has 1 aliphatic rings. The molecule has 1 fully saturated rings. The van der Waals surface area contributed by atoms with Crippen LogP contribution in [0.2, 0.25) is 0 Å². The summed E-state index contributed by atoms with van der Waals surface area (Å²) in [7, 11) is 0.0324. The standard InChI is InChI=1S/C22H30N4O3S/c1-23-22(24-14-13-19-7-3-4-8-21(19)29-2)25-17-18-9-11-20(12-10-18)30(27,28)26-15-5-6-16-26/h3-4,7-12H,5-6,13-17H2,1-2H3,(H2,23,24,25). The van der Waals surface area contributed by atoms with Crippen molar-refractivity contribution < 1.29 is 13.2 Å². The van der Waals surface area contributed by atoms with Crippen molar-refractivity contribution in [1.82, 2.24) is 14.9 Å². The lowest BCUT2D eigenvalue weighted by molar-refractivity contribution is 0.409. The number of nitrogens with zero attached hydrogens (tertiary/aromatic N) is 2. The quantitative estimate of drug-likeness (QED) is 0.496. The van der Waals surface area contributed by atoms with E-state index in [9.17, 15) is 8.42 Å². The fourth-order valence-corrected chi connectivity index (χ4v) is 5.01. The first-order valence-corrected chi connectivity index (χ1v) is 11.6. The van der Waals surface area contributed by atoms with Gasteiger partial charge < -0.3 is 15.4 Å². The molecule has 0 unspecified atom stereocenters. The number of sulfonamides is 1. The maximum Gasteiger partial charge on any atom is 0.243 e. The molecule has 8 heteroatoms. The summed E-state index contributed by atoms with van der Waals surface area (Å²) in [6.07, 6.45) is 2.68. The van der Waals surface area contributed by atoms with Gasteiger partial charge in [-0.2, -0.15) is 4.31 Å². The number of rotatable bonds is 8. The molecule has 0 bridgehead atoms. The minimum absolute atomic E-state index is 0.354. The minimum Gasteiger partial charge on any atom is -0.496 e. The number of benzene rings is 2. The van der Waals surface area contributed by atoms with Gasteiger partial charge in [0, 0.05) is 33.2 Å². The zero-order chi connectivity index (χ0) is 21.4. The molecule has 0 saturated carbocycles. The first-order chi connectivity index (χ1) is 14.5. The topological polar surface area (TPSA) is 83.0 Å². The summed E-state index contributed by atoms with van der Waals surface area (Å²) < 4.78 is 32.2. The molecule has 1 saturated heterocycles. The molecule has 2 N–H and O–H groups in total. The van der Waals surface area contributed by atoms with E-state index in [0.717, 1.165) is 36.1 Å². The van der Waals surface area contributed by atoms with Crippen LogP contribution in [0.1, 0.15) is 24.0 Å². The lowest BCUT2D eigenvalue weighted by Crippen LogP contribution is -2.37. The average Bonchev–Trinajstić information content (AvgIpc) is 3.32. The predicted octanol–water partition coefficient (Wildman–Crippen LogP) is 2.39. The van der Waals surface area contributed by atoms with Crippen LogP contribution in [0.4, 0.5) is 0 Å². The molecular weight excluding hydrogens is 400 g/mol. The van der Waals surface area contributed by atoms with E-state index in [1.807, 2.05) is 30.3 Å². The second kappa shape index (κ2) is 10.4. The Kier molecular flexibility index (Phi) is 7.70. The second-order valence-electron chi connectivity index (χ2n) is 7.17. The van der Waals surface area contributed by atoms with E-state index in [1.165, 1.54) is 0 Å². The summed E-state index contributed by atoms with van der Waals surface area (Å²) in [6.45, 7) is 2.50. The Bertz CT molecular complexity index is 953. The molecule has 30 heavy (non-hydrogen) atoms. The monoisotopic (exact) mass is 430 g/mol. The zero-order valence-electron chi connectivity index (χ0n) is 17.6. The third-order valence-corrected chi connectivity index (χ3v) is 7.10. The molecule has 2 aromatic rings. The SMILES string of the molecule is CN=C(NCCc1ccccc1OC)NCc1ccc(S(=O)(=O)N2CCCC2)cc1. The molecule has 162 valence electrons. The fraction of sp³-hybridized carbons (Fsp3) is 0.409. The van der Waals surface area contributed by atoms with Crippen LogP contribution in [0.3, 0.4) is 0 Å². The Balaban J connectivity index is 1.50. The van der Waals surface area contributed by atoms with Crippen LogP contribution in [0, 0.1) is 0 Å². The van der Waals surface area contributed by atoms with E-state index in [4.69, 9.17) is 4.74 Å². The van der Waals surface area contributed by atoms with Crippen LogP contribution in [0.5, 0.6) is 5.75 Å². The van der Waals surface area contributed by atoms with Crippen molar-refractivity contribution in [3.8, 4) is 5.75 Å². The van der Waals surface area contributed by atoms with E-state index in [2.05, 4.69) is 21.7 Å². The molecule has 0 atom stereocenters. The van der Waals surface area contributed by atoms with Gasteiger partial charge in [-0.15, -0.1) is 0 Å². The van der Waals surface area contributed by atoms with Crippen LogP contribution in [-0.2, 0) is 23.0 Å². The highest BCUT2D eigenvalue weighted by molar-refractivity contribution is 7.89. The van der Waals surface area contributed by atoms with E-state index >= 15 is 0 Å². The number of guanidine groups is 1. The highest BCUT2D eigenvalue weighted by Gasteiger charge is 2.26. The van der Waals surface area contributed by atoms with Crippen molar-refractivity contribution in [3.63, 3.8) is 0 Å². The third kappa shape index (κ3) is 5.52. The summed E-state index contributed by atoms with van der Waals surface area (Å²) in [6, 6.07) is 15.0. The lowest BCUT2D eigenvalue weighted by Gasteiger charge is -2.16. The first kappa shape index (κ1) is 22.1. The van der Waals surface area contributed by atoms with Gasteiger partial charge in [0.05, 0.1) is 12.0 Å². The van der Waals surface area contributed by atoms with Crippen molar-refractivity contribution >= 4 is 16.0 Å². The Hall–Kier alpha value is -2.58. The number of hydrogen-bond donors (Lipinski definition) is 2. The normalized spacial score (nSPS) is 15.2. The van der Waals surface area contributed by atoms with Crippen LogP contribution in [0.25, 0.3) is 0 Å². The summed E-state index contributed by atoms with van der Waals surface area (Å²) in [5, 5.41) is 6.55. The van der Waals surface area contributed by atoms with Gasteiger partial charge in [0.25, 0.3) is 0 Å². The molecule has 0 aromatic heterocycles. The number of para-hydroxylation sites is 1. The number of methoxy groups -OCH3 is 1. The van der Waals surface area contributed by atoms with Crippen LogP contribution < -0.4 is 15.4 Å². The van der Waals surface area contributed by atoms with Gasteiger partial charge in [-0.3, -0.25) is 4.99 Å². The smallest absolute Gasteiger partial charge is 0.243 e. The summed E-state index contributed by atoms with van der Waals surface area (Å²) >= 11 is 0. The maximum absolute atomic E-state index is 12.6. The molecule has 0 aliphatic carbocycles. The van der Waals surface area contributed by atoms with Gasteiger partial charge in [0.1, 0.15) is 5.75 Å². The van der Waals surface area contributed by atoms with Crippen LogP contribution in [0.15, 0.2) is 58.4 Å². The van der Waals surface area contributed by atoms with Gasteiger partial charge >= 0.3 is 0 Å². The molecule has 1 heterocycles. The van der Waals surface area contributed by atoms with Crippen molar-refractivity contribution in [2.45, 2.75) is 30.7 Å². The number of aliphatic imine (C=N–C) groups is 1. The van der Waals surface area contributed by atoms with E-state index in [-0.39, 0.29) is 0 Å². The van der Waals surface area contributed by atoms with Crippen molar-refractivity contribution in [1.29, 1.82) is 0 Å². The molecule has 0 amide bonds. The van der Waals surface area contributed by atoms with E-state index < -0.39 is 10.0 Å². The van der Waals surface area contributed by atoms with E-state index in [0.29, 0.717) is 37.0 Å². The highest BCUT2D eigenvalue weighted by atomic mass is 32.2. The lowest BCUT2D eigenvalue weighted by atomic mass is 10.1. The van der Waals surface area contributed by atoms with Gasteiger partial charge in [0.2, 0.25) is 10.0 Å². The highest BCUT2D eigenvalue weighted by Crippen LogP contribution is 2.21. The molecule has 1 aliphatic heterocycles. The molecule has 0 radical (unpaired) electrons. The molecule has 2 aromatic carbocycles. The third-order valence-electron chi connectivity index (χ3n) is 5.19.